The SMILES string of the molecule is COC(=O)CCNC(=NCc1ccccc1)N(C)C. The first kappa shape index (κ1) is 15.0. The van der Waals surface area contributed by atoms with Crippen molar-refractivity contribution >= 4 is 11.9 Å². The molecule has 0 fully saturated rings. The van der Waals surface area contributed by atoms with Crippen molar-refractivity contribution < 1.29 is 9.53 Å². The van der Waals surface area contributed by atoms with Gasteiger partial charge >= 0.3 is 5.97 Å². The Hall–Kier alpha value is -2.04. The zero-order valence-electron chi connectivity index (χ0n) is 11.7. The summed E-state index contributed by atoms with van der Waals surface area (Å²) in [5, 5.41) is 3.13. The molecule has 1 rings (SSSR count). The molecule has 0 aromatic heterocycles. The first-order valence-electron chi connectivity index (χ1n) is 6.20. The number of hydrogen-bond acceptors (Lipinski definition) is 3. The molecule has 0 heterocycles. The van der Waals surface area contributed by atoms with Crippen LogP contribution in [0, 0.1) is 0 Å². The average molecular weight is 263 g/mol. The van der Waals surface area contributed by atoms with Gasteiger partial charge in [-0.2, -0.15) is 0 Å². The molecule has 0 aliphatic carbocycles. The molecule has 5 heteroatoms. The van der Waals surface area contributed by atoms with Crippen LogP contribution in [0.4, 0.5) is 0 Å². The third-order valence-corrected chi connectivity index (χ3v) is 2.52. The van der Waals surface area contributed by atoms with E-state index in [1.165, 1.54) is 7.11 Å². The molecule has 5 nitrogen and oxygen atoms in total. The molecule has 0 atom stereocenters. The van der Waals surface area contributed by atoms with Gasteiger partial charge in [-0.05, 0) is 5.56 Å². The lowest BCUT2D eigenvalue weighted by Gasteiger charge is -2.17. The van der Waals surface area contributed by atoms with Gasteiger partial charge in [0.15, 0.2) is 5.96 Å². The third-order valence-electron chi connectivity index (χ3n) is 2.52. The summed E-state index contributed by atoms with van der Waals surface area (Å²) in [6, 6.07) is 10.0. The summed E-state index contributed by atoms with van der Waals surface area (Å²) in [4.78, 5) is 17.4. The normalized spacial score (nSPS) is 11.0. The van der Waals surface area contributed by atoms with Crippen molar-refractivity contribution in [2.75, 3.05) is 27.7 Å². The Bertz CT molecular complexity index is 416. The van der Waals surface area contributed by atoms with Crippen LogP contribution in [-0.4, -0.2) is 44.6 Å². The predicted octanol–water partition coefficient (Wildman–Crippen LogP) is 1.26. The van der Waals surface area contributed by atoms with E-state index in [9.17, 15) is 4.79 Å². The zero-order chi connectivity index (χ0) is 14.1. The number of carbonyl (C=O) groups excluding carboxylic acids is 1. The van der Waals surface area contributed by atoms with Gasteiger partial charge in [-0.3, -0.25) is 4.79 Å². The van der Waals surface area contributed by atoms with Crippen molar-refractivity contribution in [3.63, 3.8) is 0 Å². The lowest BCUT2D eigenvalue weighted by Crippen LogP contribution is -2.37. The van der Waals surface area contributed by atoms with E-state index in [1.807, 2.05) is 49.3 Å². The number of nitrogens with zero attached hydrogens (tertiary/aromatic N) is 2. The maximum absolute atomic E-state index is 11.0. The number of carbonyl (C=O) groups is 1. The molecule has 0 bridgehead atoms. The van der Waals surface area contributed by atoms with Gasteiger partial charge in [0.1, 0.15) is 0 Å². The van der Waals surface area contributed by atoms with Crippen molar-refractivity contribution in [1.82, 2.24) is 10.2 Å². The van der Waals surface area contributed by atoms with Crippen molar-refractivity contribution in [2.45, 2.75) is 13.0 Å². The Morgan fingerprint density at radius 2 is 2.00 bits per heavy atom. The molecule has 0 saturated carbocycles. The maximum atomic E-state index is 11.0. The summed E-state index contributed by atoms with van der Waals surface area (Å²) in [7, 11) is 5.21. The van der Waals surface area contributed by atoms with E-state index in [2.05, 4.69) is 15.0 Å². The molecule has 0 aliphatic heterocycles. The van der Waals surface area contributed by atoms with Crippen LogP contribution in [0.15, 0.2) is 35.3 Å². The van der Waals surface area contributed by atoms with Crippen LogP contribution < -0.4 is 5.32 Å². The summed E-state index contributed by atoms with van der Waals surface area (Å²) < 4.78 is 4.59. The third kappa shape index (κ3) is 5.90. The summed E-state index contributed by atoms with van der Waals surface area (Å²) in [6.45, 7) is 1.12. The van der Waals surface area contributed by atoms with Crippen LogP contribution in [0.2, 0.25) is 0 Å². The Balaban J connectivity index is 2.50. The van der Waals surface area contributed by atoms with Crippen LogP contribution in [0.5, 0.6) is 0 Å². The summed E-state index contributed by atoms with van der Waals surface area (Å²) >= 11 is 0. The molecule has 0 unspecified atom stereocenters. The molecule has 19 heavy (non-hydrogen) atoms. The van der Waals surface area contributed by atoms with E-state index in [4.69, 9.17) is 0 Å². The van der Waals surface area contributed by atoms with Gasteiger partial charge in [0.25, 0.3) is 0 Å². The van der Waals surface area contributed by atoms with Gasteiger partial charge < -0.3 is 15.0 Å². The largest absolute Gasteiger partial charge is 0.469 e. The molecule has 0 radical (unpaired) electrons. The monoisotopic (exact) mass is 263 g/mol. The number of benzene rings is 1. The predicted molar refractivity (Wildman–Crippen MR) is 75.9 cm³/mol. The van der Waals surface area contributed by atoms with E-state index in [1.54, 1.807) is 0 Å². The van der Waals surface area contributed by atoms with E-state index in [0.29, 0.717) is 19.5 Å². The van der Waals surface area contributed by atoms with E-state index < -0.39 is 0 Å². The van der Waals surface area contributed by atoms with Gasteiger partial charge in [-0.1, -0.05) is 30.3 Å². The molecule has 104 valence electrons. The first-order valence-corrected chi connectivity index (χ1v) is 6.20. The molecular weight excluding hydrogens is 242 g/mol. The highest BCUT2D eigenvalue weighted by Gasteiger charge is 2.04. The Kier molecular flexibility index (Phi) is 6.43. The van der Waals surface area contributed by atoms with Crippen LogP contribution >= 0.6 is 0 Å². The van der Waals surface area contributed by atoms with Crippen LogP contribution in [0.25, 0.3) is 0 Å². The molecule has 0 amide bonds. The van der Waals surface area contributed by atoms with Gasteiger partial charge in [0, 0.05) is 20.6 Å². The second-order valence-electron chi connectivity index (χ2n) is 4.27. The van der Waals surface area contributed by atoms with Crippen LogP contribution in [0.3, 0.4) is 0 Å². The quantitative estimate of drug-likeness (QED) is 0.493. The standard InChI is InChI=1S/C14H21N3O2/c1-17(2)14(15-10-9-13(18)19-3)16-11-12-7-5-4-6-8-12/h4-8H,9-11H2,1-3H3,(H,15,16). The topological polar surface area (TPSA) is 53.9 Å². The first-order chi connectivity index (χ1) is 9.13. The van der Waals surface area contributed by atoms with Crippen molar-refractivity contribution in [2.24, 2.45) is 4.99 Å². The molecule has 0 spiro atoms. The van der Waals surface area contributed by atoms with Crippen LogP contribution in [0.1, 0.15) is 12.0 Å². The molecule has 0 aliphatic rings. The number of esters is 1. The minimum absolute atomic E-state index is 0.228. The fourth-order valence-corrected chi connectivity index (χ4v) is 1.48. The van der Waals surface area contributed by atoms with Gasteiger partial charge in [-0.15, -0.1) is 0 Å². The second kappa shape index (κ2) is 8.13. The number of rotatable bonds is 5. The second-order valence-corrected chi connectivity index (χ2v) is 4.27. The highest BCUT2D eigenvalue weighted by atomic mass is 16.5. The number of nitrogens with one attached hydrogen (secondary N) is 1. The number of aliphatic imine (C=N–C) groups is 1. The number of guanidine groups is 1. The minimum Gasteiger partial charge on any atom is -0.469 e. The average Bonchev–Trinajstić information content (AvgIpc) is 2.43. The van der Waals surface area contributed by atoms with Gasteiger partial charge in [0.2, 0.25) is 0 Å². The molecule has 1 aromatic carbocycles. The minimum atomic E-state index is -0.228. The van der Waals surface area contributed by atoms with Gasteiger partial charge in [-0.25, -0.2) is 4.99 Å². The Morgan fingerprint density at radius 1 is 1.32 bits per heavy atom. The van der Waals surface area contributed by atoms with Crippen molar-refractivity contribution in [3.8, 4) is 0 Å². The Morgan fingerprint density at radius 3 is 2.58 bits per heavy atom. The summed E-state index contributed by atoms with van der Waals surface area (Å²) in [5.41, 5.74) is 1.15. The number of methoxy groups -OCH3 is 1. The van der Waals surface area contributed by atoms with E-state index in [0.717, 1.165) is 11.5 Å². The van der Waals surface area contributed by atoms with Crippen molar-refractivity contribution in [1.29, 1.82) is 0 Å². The molecule has 0 saturated heterocycles. The zero-order valence-corrected chi connectivity index (χ0v) is 11.7. The van der Waals surface area contributed by atoms with Crippen molar-refractivity contribution in [3.05, 3.63) is 35.9 Å². The number of hydrogen-bond donors (Lipinski definition) is 1. The van der Waals surface area contributed by atoms with Crippen LogP contribution in [-0.2, 0) is 16.1 Å². The summed E-state index contributed by atoms with van der Waals surface area (Å²) in [5.74, 6) is 0.529. The Labute approximate surface area is 114 Å². The lowest BCUT2D eigenvalue weighted by molar-refractivity contribution is -0.140. The fourth-order valence-electron chi connectivity index (χ4n) is 1.48. The smallest absolute Gasteiger partial charge is 0.307 e. The lowest BCUT2D eigenvalue weighted by atomic mass is 10.2. The summed E-state index contributed by atoms with van der Waals surface area (Å²) in [6.07, 6.45) is 0.328. The highest BCUT2D eigenvalue weighted by molar-refractivity contribution is 5.80. The molecular formula is C14H21N3O2. The maximum Gasteiger partial charge on any atom is 0.307 e. The van der Waals surface area contributed by atoms with E-state index in [-0.39, 0.29) is 5.97 Å². The van der Waals surface area contributed by atoms with E-state index >= 15 is 0 Å². The molecule has 1 aromatic rings. The highest BCUT2D eigenvalue weighted by Crippen LogP contribution is 2.00. The molecule has 1 N–H and O–H groups in total. The van der Waals surface area contributed by atoms with Gasteiger partial charge in [0.05, 0.1) is 20.1 Å². The fraction of sp³-hybridized carbons (Fsp3) is 0.429. The number of ether oxygens (including phenoxy) is 1.